The summed E-state index contributed by atoms with van der Waals surface area (Å²) in [6, 6.07) is 0.516. The van der Waals surface area contributed by atoms with E-state index < -0.39 is 0 Å². The van der Waals surface area contributed by atoms with Crippen molar-refractivity contribution < 1.29 is 0 Å². The minimum absolute atomic E-state index is 0.516. The fourth-order valence-electron chi connectivity index (χ4n) is 1.58. The topological polar surface area (TPSA) is 29.9 Å². The fraction of sp³-hybridized carbons (Fsp3) is 0.727. The Labute approximate surface area is 86.5 Å². The van der Waals surface area contributed by atoms with E-state index in [1.807, 2.05) is 13.4 Å². The zero-order valence-electron chi connectivity index (χ0n) is 9.83. The van der Waals surface area contributed by atoms with Gasteiger partial charge < -0.3 is 9.88 Å². The Hall–Kier alpha value is -0.830. The van der Waals surface area contributed by atoms with Crippen molar-refractivity contribution >= 4 is 0 Å². The van der Waals surface area contributed by atoms with Gasteiger partial charge in [0.2, 0.25) is 0 Å². The normalized spacial score (nSPS) is 13.6. The van der Waals surface area contributed by atoms with Crippen LogP contribution in [0.1, 0.15) is 25.2 Å². The first-order valence-corrected chi connectivity index (χ1v) is 5.21. The van der Waals surface area contributed by atoms with E-state index in [-0.39, 0.29) is 0 Å². The summed E-state index contributed by atoms with van der Waals surface area (Å²) in [6.45, 7) is 9.65. The van der Waals surface area contributed by atoms with Crippen LogP contribution in [-0.2, 0) is 6.54 Å². The molecular weight excluding hydrogens is 174 g/mol. The Kier molecular flexibility index (Phi) is 3.69. The number of aryl methyl sites for hydroxylation is 1. The molecule has 0 aliphatic rings. The molecule has 1 unspecified atom stereocenters. The highest BCUT2D eigenvalue weighted by molar-refractivity contribution is 5.08. The number of aromatic nitrogens is 2. The molecule has 1 heterocycles. The lowest BCUT2D eigenvalue weighted by Gasteiger charge is -2.21. The Morgan fingerprint density at radius 2 is 2.07 bits per heavy atom. The summed E-state index contributed by atoms with van der Waals surface area (Å²) < 4.78 is 2.22. The molecule has 3 nitrogen and oxygen atoms in total. The summed E-state index contributed by atoms with van der Waals surface area (Å²) in [7, 11) is 2.02. The molecule has 0 aliphatic carbocycles. The second-order valence-electron chi connectivity index (χ2n) is 4.21. The summed E-state index contributed by atoms with van der Waals surface area (Å²) in [5, 5.41) is 3.34. The zero-order chi connectivity index (χ0) is 10.7. The maximum atomic E-state index is 4.30. The lowest BCUT2D eigenvalue weighted by molar-refractivity contribution is 0.375. The highest BCUT2D eigenvalue weighted by Crippen LogP contribution is 2.09. The number of hydrogen-bond acceptors (Lipinski definition) is 2. The van der Waals surface area contributed by atoms with Crippen molar-refractivity contribution in [2.24, 2.45) is 5.92 Å². The SMILES string of the molecule is CNC(Cn1cnc(C)c1C)C(C)C. The molecule has 0 amide bonds. The molecule has 80 valence electrons. The number of rotatable bonds is 4. The lowest BCUT2D eigenvalue weighted by atomic mass is 10.0. The zero-order valence-corrected chi connectivity index (χ0v) is 9.83. The Morgan fingerprint density at radius 1 is 1.43 bits per heavy atom. The highest BCUT2D eigenvalue weighted by Gasteiger charge is 2.12. The second-order valence-corrected chi connectivity index (χ2v) is 4.21. The van der Waals surface area contributed by atoms with E-state index >= 15 is 0 Å². The van der Waals surface area contributed by atoms with E-state index in [4.69, 9.17) is 0 Å². The van der Waals surface area contributed by atoms with Gasteiger partial charge in [-0.3, -0.25) is 0 Å². The molecule has 0 spiro atoms. The van der Waals surface area contributed by atoms with Gasteiger partial charge in [0.25, 0.3) is 0 Å². The summed E-state index contributed by atoms with van der Waals surface area (Å²) in [4.78, 5) is 4.30. The molecule has 1 N–H and O–H groups in total. The summed E-state index contributed by atoms with van der Waals surface area (Å²) in [6.07, 6.45) is 1.93. The van der Waals surface area contributed by atoms with Crippen molar-refractivity contribution in [1.82, 2.24) is 14.9 Å². The first-order valence-electron chi connectivity index (χ1n) is 5.21. The monoisotopic (exact) mass is 195 g/mol. The van der Waals surface area contributed by atoms with Crippen molar-refractivity contribution in [3.05, 3.63) is 17.7 Å². The van der Waals surface area contributed by atoms with Gasteiger partial charge >= 0.3 is 0 Å². The van der Waals surface area contributed by atoms with Crippen molar-refractivity contribution in [1.29, 1.82) is 0 Å². The summed E-state index contributed by atoms with van der Waals surface area (Å²) in [5.74, 6) is 0.641. The van der Waals surface area contributed by atoms with Crippen molar-refractivity contribution in [3.63, 3.8) is 0 Å². The minimum atomic E-state index is 0.516. The van der Waals surface area contributed by atoms with Crippen LogP contribution in [0.5, 0.6) is 0 Å². The molecule has 0 bridgehead atoms. The molecule has 0 saturated heterocycles. The number of imidazole rings is 1. The van der Waals surface area contributed by atoms with Gasteiger partial charge in [0.15, 0.2) is 0 Å². The lowest BCUT2D eigenvalue weighted by Crippen LogP contribution is -2.35. The summed E-state index contributed by atoms with van der Waals surface area (Å²) >= 11 is 0. The molecule has 0 aromatic carbocycles. The Bertz CT molecular complexity index is 289. The van der Waals surface area contributed by atoms with Crippen LogP contribution in [0.3, 0.4) is 0 Å². The molecule has 0 fully saturated rings. The average molecular weight is 195 g/mol. The average Bonchev–Trinajstić information content (AvgIpc) is 2.44. The van der Waals surface area contributed by atoms with Crippen LogP contribution in [0.2, 0.25) is 0 Å². The van der Waals surface area contributed by atoms with Gasteiger partial charge in [-0.1, -0.05) is 13.8 Å². The third-order valence-corrected chi connectivity index (χ3v) is 2.91. The maximum Gasteiger partial charge on any atom is 0.0951 e. The highest BCUT2D eigenvalue weighted by atomic mass is 15.1. The standard InChI is InChI=1S/C11H21N3/c1-8(2)11(12-5)6-14-7-13-9(3)10(14)4/h7-8,11-12H,6H2,1-5H3. The third-order valence-electron chi connectivity index (χ3n) is 2.91. The Morgan fingerprint density at radius 3 is 2.43 bits per heavy atom. The first-order chi connectivity index (χ1) is 6.56. The molecule has 0 radical (unpaired) electrons. The molecule has 1 aromatic rings. The number of nitrogens with zero attached hydrogens (tertiary/aromatic N) is 2. The molecule has 14 heavy (non-hydrogen) atoms. The maximum absolute atomic E-state index is 4.30. The predicted molar refractivity (Wildman–Crippen MR) is 59.4 cm³/mol. The van der Waals surface area contributed by atoms with Crippen LogP contribution in [0.4, 0.5) is 0 Å². The minimum Gasteiger partial charge on any atom is -0.333 e. The molecular formula is C11H21N3. The van der Waals surface area contributed by atoms with Crippen LogP contribution in [0.25, 0.3) is 0 Å². The van der Waals surface area contributed by atoms with Crippen LogP contribution in [0, 0.1) is 19.8 Å². The van der Waals surface area contributed by atoms with Gasteiger partial charge in [0.05, 0.1) is 12.0 Å². The molecule has 1 atom stereocenters. The Balaban J connectivity index is 2.72. The number of nitrogens with one attached hydrogen (secondary N) is 1. The quantitative estimate of drug-likeness (QED) is 0.793. The van der Waals surface area contributed by atoms with E-state index in [0.29, 0.717) is 12.0 Å². The predicted octanol–water partition coefficient (Wildman–Crippen LogP) is 1.74. The van der Waals surface area contributed by atoms with Crippen LogP contribution in [-0.4, -0.2) is 22.6 Å². The van der Waals surface area contributed by atoms with Gasteiger partial charge in [0.1, 0.15) is 0 Å². The van der Waals surface area contributed by atoms with E-state index in [9.17, 15) is 0 Å². The van der Waals surface area contributed by atoms with E-state index in [1.54, 1.807) is 0 Å². The van der Waals surface area contributed by atoms with Gasteiger partial charge in [0, 0.05) is 18.3 Å². The van der Waals surface area contributed by atoms with Crippen LogP contribution >= 0.6 is 0 Å². The molecule has 1 aromatic heterocycles. The van der Waals surface area contributed by atoms with E-state index in [1.165, 1.54) is 5.69 Å². The van der Waals surface area contributed by atoms with Crippen molar-refractivity contribution in [3.8, 4) is 0 Å². The largest absolute Gasteiger partial charge is 0.333 e. The molecule has 3 heteroatoms. The van der Waals surface area contributed by atoms with Crippen molar-refractivity contribution in [2.75, 3.05) is 7.05 Å². The van der Waals surface area contributed by atoms with E-state index in [0.717, 1.165) is 12.2 Å². The number of likely N-dealkylation sites (N-methyl/N-ethyl adjacent to an activating group) is 1. The van der Waals surface area contributed by atoms with Crippen LogP contribution < -0.4 is 5.32 Å². The smallest absolute Gasteiger partial charge is 0.0951 e. The van der Waals surface area contributed by atoms with Gasteiger partial charge in [-0.2, -0.15) is 0 Å². The van der Waals surface area contributed by atoms with Crippen LogP contribution in [0.15, 0.2) is 6.33 Å². The van der Waals surface area contributed by atoms with Gasteiger partial charge in [-0.05, 0) is 26.8 Å². The van der Waals surface area contributed by atoms with E-state index in [2.05, 4.69) is 42.6 Å². The van der Waals surface area contributed by atoms with Crippen molar-refractivity contribution in [2.45, 2.75) is 40.3 Å². The fourth-order valence-corrected chi connectivity index (χ4v) is 1.58. The third kappa shape index (κ3) is 2.35. The molecule has 0 saturated carbocycles. The molecule has 0 aliphatic heterocycles. The van der Waals surface area contributed by atoms with Gasteiger partial charge in [-0.25, -0.2) is 4.98 Å². The first kappa shape index (κ1) is 11.2. The molecule has 1 rings (SSSR count). The van der Waals surface area contributed by atoms with Gasteiger partial charge in [-0.15, -0.1) is 0 Å². The second kappa shape index (κ2) is 4.60. The number of hydrogen-bond donors (Lipinski definition) is 1. The summed E-state index contributed by atoms with van der Waals surface area (Å²) in [5.41, 5.74) is 2.40.